The molecule has 0 radical (unpaired) electrons. The highest BCUT2D eigenvalue weighted by Crippen LogP contribution is 2.28. The van der Waals surface area contributed by atoms with Gasteiger partial charge in [-0.15, -0.1) is 0 Å². The van der Waals surface area contributed by atoms with Gasteiger partial charge in [0, 0.05) is 36.8 Å². The molecule has 1 atom stereocenters. The number of ether oxygens (including phenoxy) is 1. The van der Waals surface area contributed by atoms with Crippen LogP contribution in [0.15, 0.2) is 54.6 Å². The molecule has 7 nitrogen and oxygen atoms in total. The van der Waals surface area contributed by atoms with Crippen LogP contribution in [0.4, 0.5) is 17.2 Å². The largest absolute Gasteiger partial charge is 0.481 e. The second-order valence-electron chi connectivity index (χ2n) is 8.29. The fourth-order valence-corrected chi connectivity index (χ4v) is 3.98. The summed E-state index contributed by atoms with van der Waals surface area (Å²) >= 11 is 0. The van der Waals surface area contributed by atoms with Crippen molar-refractivity contribution in [3.63, 3.8) is 0 Å². The number of pyridine rings is 1. The number of benzene rings is 2. The zero-order chi connectivity index (χ0) is 22.5. The Morgan fingerprint density at radius 3 is 2.53 bits per heavy atom. The van der Waals surface area contributed by atoms with Gasteiger partial charge in [0.05, 0.1) is 0 Å². The van der Waals surface area contributed by atoms with E-state index < -0.39 is 0 Å². The highest BCUT2D eigenvalue weighted by molar-refractivity contribution is 5.93. The summed E-state index contributed by atoms with van der Waals surface area (Å²) in [6, 6.07) is 16.8. The van der Waals surface area contributed by atoms with Gasteiger partial charge in [-0.1, -0.05) is 19.1 Å². The van der Waals surface area contributed by atoms with Gasteiger partial charge >= 0.3 is 0 Å². The van der Waals surface area contributed by atoms with Crippen LogP contribution >= 0.6 is 0 Å². The Kier molecular flexibility index (Phi) is 6.54. The van der Waals surface area contributed by atoms with Gasteiger partial charge in [-0.25, -0.2) is 4.98 Å². The van der Waals surface area contributed by atoms with Crippen LogP contribution < -0.4 is 20.3 Å². The molecule has 1 aromatic heterocycles. The molecule has 0 saturated carbocycles. The van der Waals surface area contributed by atoms with Crippen LogP contribution in [-0.4, -0.2) is 36.5 Å². The standard InChI is InChI=1S/C25H28N4O3/c1-17-5-4-14-29(15-17)23-13-8-19-6-3-7-22(25(19)28-23)32-16-24(31)27-21-11-9-20(10-12-21)26-18(2)30/h3,6-13,17H,4-5,14-16H2,1-2H3,(H,26,30)(H,27,31). The first-order chi connectivity index (χ1) is 15.5. The summed E-state index contributed by atoms with van der Waals surface area (Å²) in [6.45, 7) is 5.61. The predicted molar refractivity (Wildman–Crippen MR) is 127 cm³/mol. The third-order valence-electron chi connectivity index (χ3n) is 5.50. The van der Waals surface area contributed by atoms with Gasteiger partial charge in [-0.05, 0) is 61.2 Å². The minimum Gasteiger partial charge on any atom is -0.481 e. The van der Waals surface area contributed by atoms with E-state index in [1.54, 1.807) is 24.3 Å². The maximum atomic E-state index is 12.4. The van der Waals surface area contributed by atoms with Crippen molar-refractivity contribution >= 4 is 39.9 Å². The molecule has 1 unspecified atom stereocenters. The van der Waals surface area contributed by atoms with E-state index in [-0.39, 0.29) is 18.4 Å². The van der Waals surface area contributed by atoms with Crippen LogP contribution in [0, 0.1) is 5.92 Å². The molecule has 166 valence electrons. The number of carbonyl (C=O) groups excluding carboxylic acids is 2. The number of hydrogen-bond donors (Lipinski definition) is 2. The molecule has 0 bridgehead atoms. The summed E-state index contributed by atoms with van der Waals surface area (Å²) in [6.07, 6.45) is 2.43. The number of nitrogens with zero attached hydrogens (tertiary/aromatic N) is 2. The van der Waals surface area contributed by atoms with E-state index in [1.165, 1.54) is 19.8 Å². The zero-order valence-corrected chi connectivity index (χ0v) is 18.4. The van der Waals surface area contributed by atoms with E-state index >= 15 is 0 Å². The maximum absolute atomic E-state index is 12.4. The molecule has 7 heteroatoms. The lowest BCUT2D eigenvalue weighted by atomic mass is 10.0. The second-order valence-corrected chi connectivity index (χ2v) is 8.29. The quantitative estimate of drug-likeness (QED) is 0.601. The van der Waals surface area contributed by atoms with Crippen LogP contribution in [0.2, 0.25) is 0 Å². The van der Waals surface area contributed by atoms with Crippen LogP contribution in [0.1, 0.15) is 26.7 Å². The summed E-state index contributed by atoms with van der Waals surface area (Å²) in [4.78, 5) is 30.7. The Labute approximate surface area is 187 Å². The van der Waals surface area contributed by atoms with Gasteiger partial charge in [0.25, 0.3) is 5.91 Å². The summed E-state index contributed by atoms with van der Waals surface area (Å²) in [5.41, 5.74) is 2.06. The normalized spacial score (nSPS) is 15.9. The maximum Gasteiger partial charge on any atom is 0.262 e. The molecule has 0 spiro atoms. The number of hydrogen-bond acceptors (Lipinski definition) is 5. The lowest BCUT2D eigenvalue weighted by molar-refractivity contribution is -0.118. The lowest BCUT2D eigenvalue weighted by Gasteiger charge is -2.32. The number of rotatable bonds is 6. The van der Waals surface area contributed by atoms with Crippen molar-refractivity contribution in [2.24, 2.45) is 5.92 Å². The first kappa shape index (κ1) is 21.6. The first-order valence-corrected chi connectivity index (χ1v) is 10.9. The molecule has 1 saturated heterocycles. The second kappa shape index (κ2) is 9.68. The highest BCUT2D eigenvalue weighted by atomic mass is 16.5. The van der Waals surface area contributed by atoms with Crippen molar-refractivity contribution in [3.05, 3.63) is 54.6 Å². The third-order valence-corrected chi connectivity index (χ3v) is 5.50. The molecular weight excluding hydrogens is 404 g/mol. The van der Waals surface area contributed by atoms with Crippen molar-refractivity contribution < 1.29 is 14.3 Å². The van der Waals surface area contributed by atoms with Crippen molar-refractivity contribution in [3.8, 4) is 5.75 Å². The van der Waals surface area contributed by atoms with Gasteiger partial charge in [0.2, 0.25) is 5.91 Å². The van der Waals surface area contributed by atoms with Crippen molar-refractivity contribution in [2.45, 2.75) is 26.7 Å². The SMILES string of the molecule is CC(=O)Nc1ccc(NC(=O)COc2cccc3ccc(N4CCCC(C)C4)nc23)cc1. The minimum absolute atomic E-state index is 0.126. The molecule has 2 aromatic carbocycles. The zero-order valence-electron chi connectivity index (χ0n) is 18.4. The molecule has 4 rings (SSSR count). The third kappa shape index (κ3) is 5.35. The fraction of sp³-hybridized carbons (Fsp3) is 0.320. The van der Waals surface area contributed by atoms with Crippen LogP contribution in [-0.2, 0) is 9.59 Å². The summed E-state index contributed by atoms with van der Waals surface area (Å²) < 4.78 is 5.84. The molecule has 2 heterocycles. The number of aromatic nitrogens is 1. The molecule has 1 fully saturated rings. The monoisotopic (exact) mass is 432 g/mol. The Balaban J connectivity index is 1.42. The average Bonchev–Trinajstić information content (AvgIpc) is 2.78. The van der Waals surface area contributed by atoms with Crippen LogP contribution in [0.3, 0.4) is 0 Å². The van der Waals surface area contributed by atoms with E-state index in [4.69, 9.17) is 9.72 Å². The summed E-state index contributed by atoms with van der Waals surface area (Å²) in [5.74, 6) is 1.78. The number of nitrogens with one attached hydrogen (secondary N) is 2. The molecule has 0 aliphatic carbocycles. The van der Waals surface area contributed by atoms with E-state index in [0.717, 1.165) is 29.8 Å². The first-order valence-electron chi connectivity index (χ1n) is 10.9. The average molecular weight is 433 g/mol. The Morgan fingerprint density at radius 1 is 1.06 bits per heavy atom. The van der Waals surface area contributed by atoms with E-state index in [2.05, 4.69) is 34.6 Å². The molecule has 2 amide bonds. The number of carbonyl (C=O) groups is 2. The Bertz CT molecular complexity index is 1110. The van der Waals surface area contributed by atoms with Gasteiger partial charge in [-0.2, -0.15) is 0 Å². The fourth-order valence-electron chi connectivity index (χ4n) is 3.98. The molecular formula is C25H28N4O3. The summed E-state index contributed by atoms with van der Waals surface area (Å²) in [5, 5.41) is 6.47. The van der Waals surface area contributed by atoms with Crippen molar-refractivity contribution in [2.75, 3.05) is 35.2 Å². The molecule has 1 aliphatic rings. The molecule has 2 N–H and O–H groups in total. The Morgan fingerprint density at radius 2 is 1.81 bits per heavy atom. The van der Waals surface area contributed by atoms with Gasteiger partial charge in [0.1, 0.15) is 17.1 Å². The molecule has 3 aromatic rings. The number of piperidine rings is 1. The van der Waals surface area contributed by atoms with Gasteiger partial charge in [-0.3, -0.25) is 9.59 Å². The number of fused-ring (bicyclic) bond motifs is 1. The number of anilines is 3. The van der Waals surface area contributed by atoms with Crippen LogP contribution in [0.5, 0.6) is 5.75 Å². The molecule has 32 heavy (non-hydrogen) atoms. The minimum atomic E-state index is -0.268. The van der Waals surface area contributed by atoms with Crippen LogP contribution in [0.25, 0.3) is 10.9 Å². The molecule has 1 aliphatic heterocycles. The van der Waals surface area contributed by atoms with Gasteiger partial charge < -0.3 is 20.3 Å². The summed E-state index contributed by atoms with van der Waals surface area (Å²) in [7, 11) is 0. The van der Waals surface area contributed by atoms with E-state index in [9.17, 15) is 9.59 Å². The van der Waals surface area contributed by atoms with E-state index in [0.29, 0.717) is 23.0 Å². The highest BCUT2D eigenvalue weighted by Gasteiger charge is 2.18. The smallest absolute Gasteiger partial charge is 0.262 e. The Hall–Kier alpha value is -3.61. The lowest BCUT2D eigenvalue weighted by Crippen LogP contribution is -2.34. The van der Waals surface area contributed by atoms with Crippen molar-refractivity contribution in [1.29, 1.82) is 0 Å². The van der Waals surface area contributed by atoms with Crippen molar-refractivity contribution in [1.82, 2.24) is 4.98 Å². The van der Waals surface area contributed by atoms with Gasteiger partial charge in [0.15, 0.2) is 6.61 Å². The number of para-hydroxylation sites is 1. The predicted octanol–water partition coefficient (Wildman–Crippen LogP) is 4.45. The number of amides is 2. The topological polar surface area (TPSA) is 83.6 Å². The van der Waals surface area contributed by atoms with E-state index in [1.807, 2.05) is 18.2 Å².